The van der Waals surface area contributed by atoms with E-state index in [1.807, 2.05) is 0 Å². The highest BCUT2D eigenvalue weighted by atomic mass is 19.4. The molecule has 0 N–H and O–H groups in total. The molecule has 0 aliphatic heterocycles. The molecule has 0 spiro atoms. The van der Waals surface area contributed by atoms with Gasteiger partial charge < -0.3 is 9.47 Å². The van der Waals surface area contributed by atoms with Gasteiger partial charge in [0.15, 0.2) is 0 Å². The Hall–Kier alpha value is -2.00. The molecule has 0 amide bonds. The van der Waals surface area contributed by atoms with Crippen LogP contribution in [-0.4, -0.2) is 30.1 Å². The summed E-state index contributed by atoms with van der Waals surface area (Å²) in [6, 6.07) is 0. The van der Waals surface area contributed by atoms with Gasteiger partial charge in [0, 0.05) is 11.6 Å². The van der Waals surface area contributed by atoms with Gasteiger partial charge in [-0.2, -0.15) is 26.3 Å². The largest absolute Gasteiger partial charge is 0.483 e. The van der Waals surface area contributed by atoms with Crippen LogP contribution in [-0.2, 0) is 19.1 Å². The summed E-state index contributed by atoms with van der Waals surface area (Å²) in [6.45, 7) is 6.85. The Morgan fingerprint density at radius 2 is 1.57 bits per heavy atom. The summed E-state index contributed by atoms with van der Waals surface area (Å²) in [5.74, 6) is -9.96. The van der Waals surface area contributed by atoms with E-state index in [-0.39, 0.29) is 12.5 Å². The number of rotatable bonds is 6. The molecule has 0 radical (unpaired) electrons. The van der Waals surface area contributed by atoms with E-state index in [2.05, 4.69) is 22.6 Å². The van der Waals surface area contributed by atoms with Gasteiger partial charge in [0.05, 0.1) is 0 Å². The summed E-state index contributed by atoms with van der Waals surface area (Å²) in [5, 5.41) is 0. The molecule has 10 heteroatoms. The van der Waals surface area contributed by atoms with Gasteiger partial charge in [-0.25, -0.2) is 9.59 Å². The molecule has 0 saturated heterocycles. The first-order chi connectivity index (χ1) is 9.32. The van der Waals surface area contributed by atoms with Crippen LogP contribution >= 0.6 is 0 Å². The number of hydrogen-bond donors (Lipinski definition) is 0. The fourth-order valence-electron chi connectivity index (χ4n) is 0.861. The van der Waals surface area contributed by atoms with Crippen molar-refractivity contribution in [2.24, 2.45) is 0 Å². The summed E-state index contributed by atoms with van der Waals surface area (Å²) in [4.78, 5) is 21.6. The minimum Gasteiger partial charge on any atom is -0.409 e. The normalized spacial score (nSPS) is 14.8. The minimum atomic E-state index is -6.37. The first-order valence-electron chi connectivity index (χ1n) is 5.22. The van der Waals surface area contributed by atoms with Gasteiger partial charge in [0.2, 0.25) is 0 Å². The van der Waals surface area contributed by atoms with Crippen molar-refractivity contribution in [3.05, 3.63) is 24.8 Å². The van der Waals surface area contributed by atoms with Crippen molar-refractivity contribution in [3.63, 3.8) is 0 Å². The van der Waals surface area contributed by atoms with Crippen molar-refractivity contribution < 1.29 is 45.4 Å². The number of esters is 2. The predicted octanol–water partition coefficient (Wildman–Crippen LogP) is 3.05. The monoisotopic (exact) mass is 320 g/mol. The molecular weight excluding hydrogens is 310 g/mol. The fraction of sp³-hybridized carbons (Fsp3) is 0.455. The molecule has 0 heterocycles. The van der Waals surface area contributed by atoms with Gasteiger partial charge in [0.1, 0.15) is 0 Å². The maximum atomic E-state index is 13.6. The molecule has 0 aliphatic rings. The molecule has 4 nitrogen and oxygen atoms in total. The highest BCUT2D eigenvalue weighted by Crippen LogP contribution is 2.47. The average Bonchev–Trinajstić information content (AvgIpc) is 2.35. The van der Waals surface area contributed by atoms with Crippen molar-refractivity contribution in [3.8, 4) is 0 Å². The molecule has 0 fully saturated rings. The van der Waals surface area contributed by atoms with Crippen molar-refractivity contribution in [1.82, 2.24) is 0 Å². The Morgan fingerprint density at radius 1 is 1.10 bits per heavy atom. The first-order valence-corrected chi connectivity index (χ1v) is 5.22. The van der Waals surface area contributed by atoms with Crippen LogP contribution in [0.15, 0.2) is 24.8 Å². The second kappa shape index (κ2) is 6.19. The quantitative estimate of drug-likeness (QED) is 0.429. The molecule has 0 bridgehead atoms. The van der Waals surface area contributed by atoms with Gasteiger partial charge in [-0.05, 0) is 6.42 Å². The number of halogens is 6. The zero-order valence-electron chi connectivity index (χ0n) is 10.6. The first kappa shape index (κ1) is 19.0. The Bertz CT molecular complexity index is 456. The Labute approximate surface area is 115 Å². The van der Waals surface area contributed by atoms with E-state index in [0.717, 1.165) is 0 Å². The Morgan fingerprint density at radius 3 is 1.90 bits per heavy atom. The molecule has 1 atom stereocenters. The lowest BCUT2D eigenvalue weighted by Gasteiger charge is -2.32. The van der Waals surface area contributed by atoms with E-state index in [1.165, 1.54) is 6.92 Å². The fourth-order valence-corrected chi connectivity index (χ4v) is 0.861. The van der Waals surface area contributed by atoms with E-state index in [4.69, 9.17) is 0 Å². The maximum absolute atomic E-state index is 13.6. The average molecular weight is 320 g/mol. The molecule has 0 rings (SSSR count). The van der Waals surface area contributed by atoms with Crippen LogP contribution in [0, 0.1) is 0 Å². The highest BCUT2D eigenvalue weighted by Gasteiger charge is 2.78. The number of carbonyl (C=O) groups excluding carboxylic acids is 2. The lowest BCUT2D eigenvalue weighted by atomic mass is 10.2. The Balaban J connectivity index is 5.60. The molecule has 120 valence electrons. The number of carbonyl (C=O) groups is 2. The smallest absolute Gasteiger partial charge is 0.409 e. The van der Waals surface area contributed by atoms with Gasteiger partial charge in [-0.15, -0.1) is 0 Å². The van der Waals surface area contributed by atoms with E-state index in [0.29, 0.717) is 0 Å². The van der Waals surface area contributed by atoms with Crippen molar-refractivity contribution in [2.75, 3.05) is 0 Å². The van der Waals surface area contributed by atoms with Crippen LogP contribution in [0.1, 0.15) is 13.3 Å². The van der Waals surface area contributed by atoms with Crippen molar-refractivity contribution >= 4 is 11.9 Å². The topological polar surface area (TPSA) is 52.6 Å². The third-order valence-electron chi connectivity index (χ3n) is 2.08. The predicted molar refractivity (Wildman–Crippen MR) is 56.7 cm³/mol. The second-order valence-corrected chi connectivity index (χ2v) is 3.58. The summed E-state index contributed by atoms with van der Waals surface area (Å²) < 4.78 is 83.7. The van der Waals surface area contributed by atoms with E-state index in [9.17, 15) is 35.9 Å². The molecular formula is C11H10F6O4. The standard InChI is InChI=1S/C11H10F6O4/c1-4-6(3)8(19)21-11(16,17)9(12,10(13,14)15)20-7(18)5-2/h5H,2-4H2,1H3. The molecule has 0 aromatic heterocycles. The SMILES string of the molecule is C=CC(=O)OC(F)(C(F)(F)F)C(F)(F)OC(=O)C(=C)CC. The van der Waals surface area contributed by atoms with Crippen LogP contribution in [0.4, 0.5) is 26.3 Å². The third kappa shape index (κ3) is 3.99. The van der Waals surface area contributed by atoms with Gasteiger partial charge in [0.25, 0.3) is 0 Å². The van der Waals surface area contributed by atoms with Crippen LogP contribution in [0.5, 0.6) is 0 Å². The van der Waals surface area contributed by atoms with Crippen LogP contribution in [0.3, 0.4) is 0 Å². The number of alkyl halides is 6. The summed E-state index contributed by atoms with van der Waals surface area (Å²) in [5.41, 5.74) is -0.630. The van der Waals surface area contributed by atoms with E-state index >= 15 is 0 Å². The Kier molecular flexibility index (Phi) is 5.60. The lowest BCUT2D eigenvalue weighted by Crippen LogP contribution is -2.59. The van der Waals surface area contributed by atoms with E-state index in [1.54, 1.807) is 0 Å². The molecule has 0 saturated carbocycles. The molecule has 21 heavy (non-hydrogen) atoms. The third-order valence-corrected chi connectivity index (χ3v) is 2.08. The second-order valence-electron chi connectivity index (χ2n) is 3.58. The van der Waals surface area contributed by atoms with E-state index < -0.39 is 35.7 Å². The molecule has 1 unspecified atom stereocenters. The summed E-state index contributed by atoms with van der Waals surface area (Å²) >= 11 is 0. The van der Waals surface area contributed by atoms with Crippen molar-refractivity contribution in [2.45, 2.75) is 31.5 Å². The van der Waals surface area contributed by atoms with Gasteiger partial charge >= 0.3 is 30.1 Å². The molecule has 0 aromatic rings. The minimum absolute atomic E-state index is 0.0307. The number of hydrogen-bond acceptors (Lipinski definition) is 4. The zero-order valence-corrected chi connectivity index (χ0v) is 10.6. The number of ether oxygens (including phenoxy) is 2. The lowest BCUT2D eigenvalue weighted by molar-refractivity contribution is -0.435. The van der Waals surface area contributed by atoms with Crippen LogP contribution in [0.25, 0.3) is 0 Å². The van der Waals surface area contributed by atoms with Crippen LogP contribution < -0.4 is 0 Å². The highest BCUT2D eigenvalue weighted by molar-refractivity contribution is 5.87. The molecule has 0 aliphatic carbocycles. The summed E-state index contributed by atoms with van der Waals surface area (Å²) in [7, 11) is 0. The van der Waals surface area contributed by atoms with Gasteiger partial charge in [-0.1, -0.05) is 20.1 Å². The van der Waals surface area contributed by atoms with Crippen molar-refractivity contribution in [1.29, 1.82) is 0 Å². The van der Waals surface area contributed by atoms with Crippen LogP contribution in [0.2, 0.25) is 0 Å². The maximum Gasteiger partial charge on any atom is 0.483 e. The zero-order chi connectivity index (χ0) is 17.1. The van der Waals surface area contributed by atoms with Gasteiger partial charge in [-0.3, -0.25) is 0 Å². The summed E-state index contributed by atoms with van der Waals surface area (Å²) in [6.07, 6.45) is -12.4. The molecule has 0 aromatic carbocycles.